The zero-order valence-corrected chi connectivity index (χ0v) is 16.1. The second-order valence-electron chi connectivity index (χ2n) is 6.21. The third-order valence-electron chi connectivity index (χ3n) is 4.17. The fourth-order valence-electron chi connectivity index (χ4n) is 2.76. The Kier molecular flexibility index (Phi) is 9.37. The number of nitrogens with zero attached hydrogens (tertiary/aromatic N) is 3. The maximum atomic E-state index is 12.3. The number of rotatable bonds is 10. The minimum absolute atomic E-state index is 0.0215. The summed E-state index contributed by atoms with van der Waals surface area (Å²) >= 11 is 5.90. The highest BCUT2D eigenvalue weighted by molar-refractivity contribution is 6.32. The normalized spacial score (nSPS) is 14.9. The zero-order chi connectivity index (χ0) is 20.4. The van der Waals surface area contributed by atoms with E-state index in [0.717, 1.165) is 19.6 Å². The van der Waals surface area contributed by atoms with Crippen molar-refractivity contribution < 1.29 is 23.0 Å². The van der Waals surface area contributed by atoms with Crippen LogP contribution in [0.25, 0.3) is 0 Å². The summed E-state index contributed by atoms with van der Waals surface area (Å²) in [4.78, 5) is 16.5. The van der Waals surface area contributed by atoms with Gasteiger partial charge in [0.05, 0.1) is 30.9 Å². The fourth-order valence-corrected chi connectivity index (χ4v) is 2.98. The molecule has 1 N–H and O–H groups in total. The highest BCUT2D eigenvalue weighted by atomic mass is 35.5. The van der Waals surface area contributed by atoms with Crippen molar-refractivity contribution in [3.63, 3.8) is 0 Å². The molecule has 1 heterocycles. The number of alkyl halides is 2. The molecular formula is C18H23ClF2N4O3. The van der Waals surface area contributed by atoms with Crippen LogP contribution < -0.4 is 10.1 Å². The van der Waals surface area contributed by atoms with Crippen molar-refractivity contribution in [1.29, 1.82) is 5.26 Å². The van der Waals surface area contributed by atoms with Crippen LogP contribution in [0.5, 0.6) is 5.75 Å². The van der Waals surface area contributed by atoms with E-state index in [9.17, 15) is 13.6 Å². The van der Waals surface area contributed by atoms with Crippen molar-refractivity contribution in [2.45, 2.75) is 13.0 Å². The molecule has 0 radical (unpaired) electrons. The van der Waals surface area contributed by atoms with Crippen LogP contribution >= 0.6 is 11.6 Å². The predicted molar refractivity (Wildman–Crippen MR) is 101 cm³/mol. The first-order valence-electron chi connectivity index (χ1n) is 8.91. The van der Waals surface area contributed by atoms with Gasteiger partial charge in [0, 0.05) is 44.8 Å². The Morgan fingerprint density at radius 1 is 1.39 bits per heavy atom. The molecule has 0 spiro atoms. The lowest BCUT2D eigenvalue weighted by Gasteiger charge is -2.29. The smallest absolute Gasteiger partial charge is 0.387 e. The van der Waals surface area contributed by atoms with Crippen molar-refractivity contribution in [3.05, 3.63) is 23.2 Å². The number of amides is 1. The van der Waals surface area contributed by atoms with Crippen molar-refractivity contribution in [2.24, 2.45) is 0 Å². The zero-order valence-electron chi connectivity index (χ0n) is 15.4. The Morgan fingerprint density at radius 3 is 2.79 bits per heavy atom. The Labute approximate surface area is 167 Å². The summed E-state index contributed by atoms with van der Waals surface area (Å²) in [6.45, 7) is 2.15. The molecule has 0 aromatic heterocycles. The Hall–Kier alpha value is -1.99. The average molecular weight is 417 g/mol. The molecule has 1 aromatic carbocycles. The summed E-state index contributed by atoms with van der Waals surface area (Å²) in [5, 5.41) is 11.5. The van der Waals surface area contributed by atoms with E-state index in [1.807, 2.05) is 4.90 Å². The highest BCUT2D eigenvalue weighted by Crippen LogP contribution is 2.28. The summed E-state index contributed by atoms with van der Waals surface area (Å²) in [5.74, 6) is -0.436. The molecule has 0 aliphatic carbocycles. The van der Waals surface area contributed by atoms with Crippen LogP contribution in [0.1, 0.15) is 6.42 Å². The van der Waals surface area contributed by atoms with Crippen LogP contribution in [-0.4, -0.2) is 74.8 Å². The van der Waals surface area contributed by atoms with Gasteiger partial charge in [-0.05, 0) is 18.2 Å². The van der Waals surface area contributed by atoms with Gasteiger partial charge < -0.3 is 14.8 Å². The Morgan fingerprint density at radius 2 is 2.14 bits per heavy atom. The predicted octanol–water partition coefficient (Wildman–Crippen LogP) is 2.43. The molecule has 1 fully saturated rings. The second-order valence-corrected chi connectivity index (χ2v) is 6.62. The van der Waals surface area contributed by atoms with E-state index in [1.54, 1.807) is 0 Å². The number of morpholine rings is 1. The number of carbonyl (C=O) groups is 1. The first kappa shape index (κ1) is 22.3. The first-order valence-corrected chi connectivity index (χ1v) is 9.29. The molecule has 1 aliphatic heterocycles. The highest BCUT2D eigenvalue weighted by Gasteiger charge is 2.16. The van der Waals surface area contributed by atoms with Gasteiger partial charge >= 0.3 is 6.61 Å². The number of ether oxygens (including phenoxy) is 2. The van der Waals surface area contributed by atoms with E-state index in [0.29, 0.717) is 38.4 Å². The summed E-state index contributed by atoms with van der Waals surface area (Å²) in [5.41, 5.74) is 0.380. The van der Waals surface area contributed by atoms with Gasteiger partial charge in [-0.2, -0.15) is 14.0 Å². The molecule has 1 aliphatic rings. The Balaban J connectivity index is 1.87. The number of hydrogen-bond donors (Lipinski definition) is 1. The van der Waals surface area contributed by atoms with Crippen LogP contribution in [-0.2, 0) is 9.53 Å². The van der Waals surface area contributed by atoms with Crippen molar-refractivity contribution in [2.75, 3.05) is 57.8 Å². The van der Waals surface area contributed by atoms with Crippen LogP contribution in [0.4, 0.5) is 14.5 Å². The Bertz CT molecular complexity index is 681. The van der Waals surface area contributed by atoms with Gasteiger partial charge in [0.1, 0.15) is 5.75 Å². The topological polar surface area (TPSA) is 77.8 Å². The SMILES string of the molecule is N#CCCN(CCN1CCOCC1)CC(=O)Nc1ccc(OC(F)F)c(Cl)c1. The molecular weight excluding hydrogens is 394 g/mol. The number of nitriles is 1. The average Bonchev–Trinajstić information content (AvgIpc) is 2.66. The molecule has 1 amide bonds. The second kappa shape index (κ2) is 11.8. The fraction of sp³-hybridized carbons (Fsp3) is 0.556. The summed E-state index contributed by atoms with van der Waals surface area (Å²) in [6.07, 6.45) is 0.321. The molecule has 0 atom stereocenters. The molecule has 0 bridgehead atoms. The number of carbonyl (C=O) groups excluding carboxylic acids is 1. The van der Waals surface area contributed by atoms with E-state index >= 15 is 0 Å². The van der Waals surface area contributed by atoms with Gasteiger partial charge in [-0.15, -0.1) is 0 Å². The third kappa shape index (κ3) is 7.94. The summed E-state index contributed by atoms with van der Waals surface area (Å²) in [7, 11) is 0. The first-order chi connectivity index (χ1) is 13.5. The third-order valence-corrected chi connectivity index (χ3v) is 4.47. The van der Waals surface area contributed by atoms with E-state index in [1.165, 1.54) is 18.2 Å². The van der Waals surface area contributed by atoms with Gasteiger partial charge in [0.2, 0.25) is 5.91 Å². The van der Waals surface area contributed by atoms with Crippen LogP contribution in [0.2, 0.25) is 5.02 Å². The number of anilines is 1. The standard InChI is InChI=1S/C18H23ClF2N4O3/c19-15-12-14(2-3-16(15)28-18(20)21)23-17(26)13-25(5-1-4-22)7-6-24-8-10-27-11-9-24/h2-3,12,18H,1,5-11,13H2,(H,23,26). The summed E-state index contributed by atoms with van der Waals surface area (Å²) < 4.78 is 34.1. The van der Waals surface area contributed by atoms with Gasteiger partial charge in [-0.3, -0.25) is 14.6 Å². The van der Waals surface area contributed by atoms with Crippen LogP contribution in [0.15, 0.2) is 18.2 Å². The molecule has 10 heteroatoms. The lowest BCUT2D eigenvalue weighted by atomic mass is 10.3. The number of halogens is 3. The molecule has 1 saturated heterocycles. The number of nitrogens with one attached hydrogen (secondary N) is 1. The molecule has 28 heavy (non-hydrogen) atoms. The monoisotopic (exact) mass is 416 g/mol. The molecule has 0 saturated carbocycles. The van der Waals surface area contributed by atoms with E-state index in [4.69, 9.17) is 21.6 Å². The number of hydrogen-bond acceptors (Lipinski definition) is 6. The largest absolute Gasteiger partial charge is 0.433 e. The van der Waals surface area contributed by atoms with E-state index in [2.05, 4.69) is 21.0 Å². The molecule has 0 unspecified atom stereocenters. The maximum Gasteiger partial charge on any atom is 0.387 e. The number of benzene rings is 1. The van der Waals surface area contributed by atoms with E-state index in [-0.39, 0.29) is 23.2 Å². The molecule has 7 nitrogen and oxygen atoms in total. The van der Waals surface area contributed by atoms with Crippen LogP contribution in [0, 0.1) is 11.3 Å². The molecule has 154 valence electrons. The minimum atomic E-state index is -2.97. The van der Waals surface area contributed by atoms with Gasteiger partial charge in [0.15, 0.2) is 0 Å². The molecule has 1 aromatic rings. The van der Waals surface area contributed by atoms with Crippen molar-refractivity contribution in [3.8, 4) is 11.8 Å². The molecule has 2 rings (SSSR count). The van der Waals surface area contributed by atoms with Gasteiger partial charge in [0.25, 0.3) is 0 Å². The summed E-state index contributed by atoms with van der Waals surface area (Å²) in [6, 6.07) is 6.15. The quantitative estimate of drug-likeness (QED) is 0.631. The van der Waals surface area contributed by atoms with Gasteiger partial charge in [-0.25, -0.2) is 0 Å². The van der Waals surface area contributed by atoms with Crippen molar-refractivity contribution >= 4 is 23.2 Å². The minimum Gasteiger partial charge on any atom is -0.433 e. The maximum absolute atomic E-state index is 12.3. The van der Waals surface area contributed by atoms with Gasteiger partial charge in [-0.1, -0.05) is 11.6 Å². The van der Waals surface area contributed by atoms with Crippen molar-refractivity contribution in [1.82, 2.24) is 9.80 Å². The van der Waals surface area contributed by atoms with Crippen LogP contribution in [0.3, 0.4) is 0 Å². The lowest BCUT2D eigenvalue weighted by Crippen LogP contribution is -2.43. The lowest BCUT2D eigenvalue weighted by molar-refractivity contribution is -0.117. The van der Waals surface area contributed by atoms with E-state index < -0.39 is 6.61 Å².